The van der Waals surface area contributed by atoms with Crippen LogP contribution in [0.5, 0.6) is 5.75 Å². The van der Waals surface area contributed by atoms with Crippen LogP contribution in [-0.2, 0) is 4.79 Å². The van der Waals surface area contributed by atoms with E-state index in [1.54, 1.807) is 19.2 Å². The molecule has 2 aromatic carbocycles. The van der Waals surface area contributed by atoms with Crippen LogP contribution in [-0.4, -0.2) is 31.0 Å². The van der Waals surface area contributed by atoms with Crippen molar-refractivity contribution < 1.29 is 9.53 Å². The Morgan fingerprint density at radius 3 is 2.40 bits per heavy atom. The SMILES string of the molecule is COc1ccc(NC(=O)C(c2ccc(Cl)cc2Cl)N2CCCC2)cc1. The van der Waals surface area contributed by atoms with Crippen molar-refractivity contribution in [1.82, 2.24) is 4.90 Å². The first-order chi connectivity index (χ1) is 12.1. The van der Waals surface area contributed by atoms with Gasteiger partial charge < -0.3 is 10.1 Å². The van der Waals surface area contributed by atoms with Crippen LogP contribution in [0.4, 0.5) is 5.69 Å². The van der Waals surface area contributed by atoms with Crippen LogP contribution in [0.25, 0.3) is 0 Å². The topological polar surface area (TPSA) is 41.6 Å². The summed E-state index contributed by atoms with van der Waals surface area (Å²) in [6, 6.07) is 12.1. The zero-order valence-corrected chi connectivity index (χ0v) is 15.5. The van der Waals surface area contributed by atoms with Gasteiger partial charge in [0.05, 0.1) is 7.11 Å². The van der Waals surface area contributed by atoms with Crippen LogP contribution < -0.4 is 10.1 Å². The highest BCUT2D eigenvalue weighted by Gasteiger charge is 2.31. The summed E-state index contributed by atoms with van der Waals surface area (Å²) in [5.41, 5.74) is 1.50. The van der Waals surface area contributed by atoms with Crippen LogP contribution >= 0.6 is 23.2 Å². The minimum atomic E-state index is -0.436. The van der Waals surface area contributed by atoms with Gasteiger partial charge in [-0.1, -0.05) is 29.3 Å². The van der Waals surface area contributed by atoms with Crippen molar-refractivity contribution in [1.29, 1.82) is 0 Å². The van der Waals surface area contributed by atoms with E-state index in [-0.39, 0.29) is 5.91 Å². The number of nitrogens with one attached hydrogen (secondary N) is 1. The fraction of sp³-hybridized carbons (Fsp3) is 0.316. The summed E-state index contributed by atoms with van der Waals surface area (Å²) in [7, 11) is 1.61. The maximum absolute atomic E-state index is 13.0. The van der Waals surface area contributed by atoms with E-state index in [4.69, 9.17) is 27.9 Å². The summed E-state index contributed by atoms with van der Waals surface area (Å²) in [5, 5.41) is 4.05. The predicted molar refractivity (Wildman–Crippen MR) is 102 cm³/mol. The first kappa shape index (κ1) is 18.1. The first-order valence-corrected chi connectivity index (χ1v) is 8.98. The average molecular weight is 379 g/mol. The van der Waals surface area contributed by atoms with Crippen molar-refractivity contribution in [3.8, 4) is 5.75 Å². The number of amides is 1. The summed E-state index contributed by atoms with van der Waals surface area (Å²) in [6.45, 7) is 1.75. The largest absolute Gasteiger partial charge is 0.497 e. The van der Waals surface area contributed by atoms with E-state index in [0.29, 0.717) is 10.0 Å². The molecule has 2 aromatic rings. The number of rotatable bonds is 5. The highest BCUT2D eigenvalue weighted by atomic mass is 35.5. The molecule has 1 amide bonds. The van der Waals surface area contributed by atoms with Crippen LogP contribution in [0, 0.1) is 0 Å². The van der Waals surface area contributed by atoms with Crippen molar-refractivity contribution in [2.75, 3.05) is 25.5 Å². The molecule has 3 rings (SSSR count). The Bertz CT molecular complexity index is 744. The molecule has 1 atom stereocenters. The molecule has 0 saturated carbocycles. The fourth-order valence-corrected chi connectivity index (χ4v) is 3.62. The molecule has 0 aromatic heterocycles. The lowest BCUT2D eigenvalue weighted by atomic mass is 10.0. The van der Waals surface area contributed by atoms with Crippen LogP contribution in [0.3, 0.4) is 0 Å². The number of likely N-dealkylation sites (tertiary alicyclic amines) is 1. The minimum Gasteiger partial charge on any atom is -0.497 e. The van der Waals surface area contributed by atoms with Gasteiger partial charge in [-0.15, -0.1) is 0 Å². The number of halogens is 2. The third kappa shape index (κ3) is 4.27. The second kappa shape index (κ2) is 8.09. The normalized spacial score (nSPS) is 15.8. The molecule has 6 heteroatoms. The number of hydrogen-bond donors (Lipinski definition) is 1. The molecule has 25 heavy (non-hydrogen) atoms. The average Bonchev–Trinajstić information content (AvgIpc) is 3.12. The Labute approximate surface area is 157 Å². The maximum atomic E-state index is 13.0. The quantitative estimate of drug-likeness (QED) is 0.813. The number of carbonyl (C=O) groups excluding carboxylic acids is 1. The number of benzene rings is 2. The molecule has 1 fully saturated rings. The molecule has 1 saturated heterocycles. The second-order valence-electron chi connectivity index (χ2n) is 6.03. The lowest BCUT2D eigenvalue weighted by molar-refractivity contribution is -0.121. The maximum Gasteiger partial charge on any atom is 0.246 e. The van der Waals surface area contributed by atoms with E-state index >= 15 is 0 Å². The van der Waals surface area contributed by atoms with Gasteiger partial charge in [0.2, 0.25) is 5.91 Å². The van der Waals surface area contributed by atoms with Crippen molar-refractivity contribution in [3.63, 3.8) is 0 Å². The summed E-state index contributed by atoms with van der Waals surface area (Å²) in [4.78, 5) is 15.2. The lowest BCUT2D eigenvalue weighted by Crippen LogP contribution is -2.35. The van der Waals surface area contributed by atoms with Gasteiger partial charge in [-0.3, -0.25) is 9.69 Å². The number of anilines is 1. The van der Waals surface area contributed by atoms with Gasteiger partial charge in [0, 0.05) is 15.7 Å². The molecule has 0 bridgehead atoms. The van der Waals surface area contributed by atoms with Crippen LogP contribution in [0.2, 0.25) is 10.0 Å². The van der Waals surface area contributed by atoms with Gasteiger partial charge >= 0.3 is 0 Å². The Morgan fingerprint density at radius 1 is 1.12 bits per heavy atom. The van der Waals surface area contributed by atoms with Crippen LogP contribution in [0.1, 0.15) is 24.4 Å². The van der Waals surface area contributed by atoms with Crippen molar-refractivity contribution in [2.45, 2.75) is 18.9 Å². The van der Waals surface area contributed by atoms with Gasteiger partial charge in [0.25, 0.3) is 0 Å². The fourth-order valence-electron chi connectivity index (χ4n) is 3.11. The van der Waals surface area contributed by atoms with E-state index in [1.807, 2.05) is 30.3 Å². The number of hydrogen-bond acceptors (Lipinski definition) is 3. The third-order valence-electron chi connectivity index (χ3n) is 4.37. The molecule has 1 N–H and O–H groups in total. The molecule has 1 aliphatic rings. The van der Waals surface area contributed by atoms with E-state index in [9.17, 15) is 4.79 Å². The Hall–Kier alpha value is -1.75. The summed E-state index contributed by atoms with van der Waals surface area (Å²) in [5.74, 6) is 0.645. The first-order valence-electron chi connectivity index (χ1n) is 8.22. The van der Waals surface area contributed by atoms with E-state index < -0.39 is 6.04 Å². The minimum absolute atomic E-state index is 0.101. The lowest BCUT2D eigenvalue weighted by Gasteiger charge is -2.27. The highest BCUT2D eigenvalue weighted by Crippen LogP contribution is 2.33. The number of carbonyl (C=O) groups is 1. The molecule has 0 spiro atoms. The van der Waals surface area contributed by atoms with Crippen molar-refractivity contribution >= 4 is 34.8 Å². The van der Waals surface area contributed by atoms with E-state index in [2.05, 4.69) is 10.2 Å². The predicted octanol–water partition coefficient (Wildman–Crippen LogP) is 4.78. The van der Waals surface area contributed by atoms with Gasteiger partial charge in [0.1, 0.15) is 11.8 Å². The van der Waals surface area contributed by atoms with Gasteiger partial charge in [-0.05, 0) is 67.9 Å². The molecule has 1 aliphatic heterocycles. The zero-order chi connectivity index (χ0) is 17.8. The number of ether oxygens (including phenoxy) is 1. The second-order valence-corrected chi connectivity index (χ2v) is 6.87. The van der Waals surface area contributed by atoms with E-state index in [0.717, 1.165) is 42.9 Å². The molecular formula is C19H20Cl2N2O2. The zero-order valence-electron chi connectivity index (χ0n) is 14.0. The summed E-state index contributed by atoms with van der Waals surface area (Å²) in [6.07, 6.45) is 2.16. The smallest absolute Gasteiger partial charge is 0.246 e. The van der Waals surface area contributed by atoms with Gasteiger partial charge in [-0.25, -0.2) is 0 Å². The Morgan fingerprint density at radius 2 is 1.80 bits per heavy atom. The number of methoxy groups -OCH3 is 1. The summed E-state index contributed by atoms with van der Waals surface area (Å²) >= 11 is 12.4. The Kier molecular flexibility index (Phi) is 5.84. The number of nitrogens with zero attached hydrogens (tertiary/aromatic N) is 1. The van der Waals surface area contributed by atoms with Crippen molar-refractivity contribution in [2.24, 2.45) is 0 Å². The van der Waals surface area contributed by atoms with Gasteiger partial charge in [0.15, 0.2) is 0 Å². The standard InChI is InChI=1S/C19H20Cl2N2O2/c1-25-15-7-5-14(6-8-15)22-19(24)18(23-10-2-3-11-23)16-9-4-13(20)12-17(16)21/h4-9,12,18H,2-3,10-11H2,1H3,(H,22,24). The third-order valence-corrected chi connectivity index (χ3v) is 4.93. The van der Waals surface area contributed by atoms with E-state index in [1.165, 1.54) is 0 Å². The molecule has 1 heterocycles. The summed E-state index contributed by atoms with van der Waals surface area (Å²) < 4.78 is 5.15. The Balaban J connectivity index is 1.86. The molecule has 0 radical (unpaired) electrons. The molecule has 1 unspecified atom stereocenters. The molecule has 0 aliphatic carbocycles. The monoisotopic (exact) mass is 378 g/mol. The van der Waals surface area contributed by atoms with Crippen molar-refractivity contribution in [3.05, 3.63) is 58.1 Å². The molecule has 132 valence electrons. The molecular weight excluding hydrogens is 359 g/mol. The van der Waals surface area contributed by atoms with Crippen LogP contribution in [0.15, 0.2) is 42.5 Å². The van der Waals surface area contributed by atoms with Gasteiger partial charge in [-0.2, -0.15) is 0 Å². The highest BCUT2D eigenvalue weighted by molar-refractivity contribution is 6.35. The molecule has 4 nitrogen and oxygen atoms in total.